The van der Waals surface area contributed by atoms with E-state index in [0.29, 0.717) is 77.6 Å². The summed E-state index contributed by atoms with van der Waals surface area (Å²) in [5, 5.41) is 0. The van der Waals surface area contributed by atoms with Crippen molar-refractivity contribution in [3.63, 3.8) is 0 Å². The second-order valence-corrected chi connectivity index (χ2v) is 8.53. The van der Waals surface area contributed by atoms with Crippen molar-refractivity contribution in [2.24, 2.45) is 0 Å². The van der Waals surface area contributed by atoms with Gasteiger partial charge in [0.15, 0.2) is 23.0 Å². The highest BCUT2D eigenvalue weighted by Gasteiger charge is 2.06. The van der Waals surface area contributed by atoms with E-state index in [-0.39, 0.29) is 0 Å². The number of hydrogen-bond acceptors (Lipinski definition) is 7. The Morgan fingerprint density at radius 1 is 0.351 bits per heavy atom. The number of benzene rings is 3. The topological polar surface area (TPSA) is 64.6 Å². The van der Waals surface area contributed by atoms with E-state index < -0.39 is 0 Å². The van der Waals surface area contributed by atoms with Crippen LogP contribution in [0, 0.1) is 0 Å². The van der Waals surface area contributed by atoms with Crippen LogP contribution in [0.2, 0.25) is 0 Å². The predicted molar refractivity (Wildman–Crippen MR) is 141 cm³/mol. The predicted octanol–water partition coefficient (Wildman–Crippen LogP) is 5.45. The third kappa shape index (κ3) is 9.61. The van der Waals surface area contributed by atoms with Crippen LogP contribution in [-0.4, -0.2) is 52.9 Å². The van der Waals surface area contributed by atoms with Gasteiger partial charge in [-0.1, -0.05) is 48.5 Å². The zero-order valence-corrected chi connectivity index (χ0v) is 21.3. The molecule has 0 saturated heterocycles. The van der Waals surface area contributed by atoms with Crippen LogP contribution in [0.15, 0.2) is 72.8 Å². The van der Waals surface area contributed by atoms with Gasteiger partial charge in [0, 0.05) is 6.61 Å². The molecule has 2 heterocycles. The molecule has 5 rings (SSSR count). The quantitative estimate of drug-likeness (QED) is 0.400. The minimum atomic E-state index is 0.441. The molecule has 0 fully saturated rings. The zero-order valence-electron chi connectivity index (χ0n) is 21.3. The molecule has 198 valence electrons. The fourth-order valence-electron chi connectivity index (χ4n) is 3.71. The maximum atomic E-state index is 5.94. The first-order valence-corrected chi connectivity index (χ1v) is 12.9. The maximum absolute atomic E-state index is 5.94. The Morgan fingerprint density at radius 3 is 1.19 bits per heavy atom. The van der Waals surface area contributed by atoms with E-state index in [1.807, 2.05) is 48.5 Å². The Kier molecular flexibility index (Phi) is 11.4. The molecule has 2 aliphatic heterocycles. The summed E-state index contributed by atoms with van der Waals surface area (Å²) in [6.07, 6.45) is 1.78. The molecular formula is C30H36O7. The Hall–Kier alpha value is -3.26. The Balaban J connectivity index is 1.30. The monoisotopic (exact) mass is 508 g/mol. The maximum Gasteiger partial charge on any atom is 0.161 e. The van der Waals surface area contributed by atoms with Crippen molar-refractivity contribution in [3.05, 3.63) is 83.9 Å². The van der Waals surface area contributed by atoms with Gasteiger partial charge in [-0.2, -0.15) is 0 Å². The minimum Gasteiger partial charge on any atom is -0.490 e. The summed E-state index contributed by atoms with van der Waals surface area (Å²) >= 11 is 0. The average Bonchev–Trinajstić information content (AvgIpc) is 2.93. The first-order chi connectivity index (χ1) is 18.4. The summed E-state index contributed by atoms with van der Waals surface area (Å²) in [5.41, 5.74) is 2.21. The van der Waals surface area contributed by atoms with Gasteiger partial charge < -0.3 is 33.2 Å². The first-order valence-electron chi connectivity index (χ1n) is 12.9. The fourth-order valence-corrected chi connectivity index (χ4v) is 3.71. The summed E-state index contributed by atoms with van der Waals surface area (Å²) < 4.78 is 40.9. The third-order valence-electron chi connectivity index (χ3n) is 5.66. The van der Waals surface area contributed by atoms with Gasteiger partial charge in [0.25, 0.3) is 0 Å². The lowest BCUT2D eigenvalue weighted by Crippen LogP contribution is -2.10. The Morgan fingerprint density at radius 2 is 0.730 bits per heavy atom. The van der Waals surface area contributed by atoms with Crippen LogP contribution in [-0.2, 0) is 27.4 Å². The molecular weight excluding hydrogens is 472 g/mol. The van der Waals surface area contributed by atoms with Crippen molar-refractivity contribution < 1.29 is 33.2 Å². The molecule has 37 heavy (non-hydrogen) atoms. The lowest BCUT2D eigenvalue weighted by molar-refractivity contribution is 0.0830. The number of hydrogen-bond donors (Lipinski definition) is 0. The largest absolute Gasteiger partial charge is 0.490 e. The van der Waals surface area contributed by atoms with Gasteiger partial charge in [0.05, 0.1) is 39.6 Å². The molecule has 2 bridgehead atoms. The van der Waals surface area contributed by atoms with Crippen molar-refractivity contribution in [1.82, 2.24) is 0 Å². The normalized spacial score (nSPS) is 17.0. The van der Waals surface area contributed by atoms with E-state index in [2.05, 4.69) is 24.3 Å². The van der Waals surface area contributed by atoms with Crippen LogP contribution in [0.5, 0.6) is 23.0 Å². The molecule has 2 aliphatic rings. The van der Waals surface area contributed by atoms with E-state index in [1.54, 1.807) is 0 Å². The van der Waals surface area contributed by atoms with Gasteiger partial charge in [-0.3, -0.25) is 0 Å². The van der Waals surface area contributed by atoms with E-state index in [0.717, 1.165) is 35.5 Å². The third-order valence-corrected chi connectivity index (χ3v) is 5.66. The van der Waals surface area contributed by atoms with Gasteiger partial charge >= 0.3 is 0 Å². The Labute approximate surface area is 219 Å². The number of ether oxygens (including phenoxy) is 7. The van der Waals surface area contributed by atoms with E-state index in [4.69, 9.17) is 33.2 Å². The highest BCUT2D eigenvalue weighted by atomic mass is 16.6. The van der Waals surface area contributed by atoms with Crippen molar-refractivity contribution in [2.45, 2.75) is 26.1 Å². The van der Waals surface area contributed by atoms with Crippen LogP contribution in [0.4, 0.5) is 0 Å². The molecule has 0 spiro atoms. The van der Waals surface area contributed by atoms with Crippen LogP contribution < -0.4 is 18.9 Å². The molecule has 3 aromatic carbocycles. The Bertz CT molecular complexity index is 956. The standard InChI is InChI=1S/C30H36O7/c1-2-8-28-27(7-1)34-16-6-5-15-31-17-20-35-29-9-3-4-10-30(29)37-22-19-33-24-26-13-11-25(12-14-26)23-32-18-21-36-28/h1-4,7-14H,5-6,15-24H2. The van der Waals surface area contributed by atoms with E-state index >= 15 is 0 Å². The zero-order chi connectivity index (χ0) is 25.4. The lowest BCUT2D eigenvalue weighted by atomic mass is 10.1. The van der Waals surface area contributed by atoms with Gasteiger partial charge in [-0.25, -0.2) is 0 Å². The smallest absolute Gasteiger partial charge is 0.161 e. The highest BCUT2D eigenvalue weighted by molar-refractivity contribution is 5.40. The SMILES string of the molecule is c1ccc2c(c1)OCCCCOCCOc1ccccc1OCCOCc1ccc(cc1)COCCO2. The summed E-state index contributed by atoms with van der Waals surface area (Å²) in [4.78, 5) is 0. The number of fused-ring (bicyclic) bond motifs is 18. The number of para-hydroxylation sites is 4. The highest BCUT2D eigenvalue weighted by Crippen LogP contribution is 2.27. The summed E-state index contributed by atoms with van der Waals surface area (Å²) in [6.45, 7) is 5.13. The van der Waals surface area contributed by atoms with Crippen molar-refractivity contribution in [2.75, 3.05) is 52.9 Å². The molecule has 0 aromatic heterocycles. The van der Waals surface area contributed by atoms with Gasteiger partial charge in [0.1, 0.15) is 19.8 Å². The van der Waals surface area contributed by atoms with Gasteiger partial charge in [-0.15, -0.1) is 0 Å². The second-order valence-electron chi connectivity index (χ2n) is 8.53. The van der Waals surface area contributed by atoms with Crippen LogP contribution in [0.3, 0.4) is 0 Å². The molecule has 0 atom stereocenters. The molecule has 0 amide bonds. The molecule has 0 unspecified atom stereocenters. The van der Waals surface area contributed by atoms with Gasteiger partial charge in [0.2, 0.25) is 0 Å². The molecule has 3 aromatic rings. The molecule has 0 radical (unpaired) electrons. The van der Waals surface area contributed by atoms with E-state index in [9.17, 15) is 0 Å². The summed E-state index contributed by atoms with van der Waals surface area (Å²) in [6, 6.07) is 23.6. The molecule has 0 saturated carbocycles. The molecule has 7 nitrogen and oxygen atoms in total. The molecule has 0 aliphatic carbocycles. The first kappa shape index (κ1) is 26.8. The van der Waals surface area contributed by atoms with Crippen molar-refractivity contribution >= 4 is 0 Å². The second kappa shape index (κ2) is 15.8. The average molecular weight is 509 g/mol. The van der Waals surface area contributed by atoms with E-state index in [1.165, 1.54) is 0 Å². The lowest BCUT2D eigenvalue weighted by Gasteiger charge is -2.13. The van der Waals surface area contributed by atoms with Crippen molar-refractivity contribution in [3.8, 4) is 23.0 Å². The summed E-state index contributed by atoms with van der Waals surface area (Å²) in [5.74, 6) is 2.88. The minimum absolute atomic E-state index is 0.441. The van der Waals surface area contributed by atoms with Crippen molar-refractivity contribution in [1.29, 1.82) is 0 Å². The van der Waals surface area contributed by atoms with Crippen LogP contribution in [0.25, 0.3) is 0 Å². The molecule has 0 N–H and O–H groups in total. The number of rotatable bonds is 0. The molecule has 7 heteroatoms. The van der Waals surface area contributed by atoms with Crippen LogP contribution in [0.1, 0.15) is 24.0 Å². The fraction of sp³-hybridized carbons (Fsp3) is 0.400. The van der Waals surface area contributed by atoms with Crippen LogP contribution >= 0.6 is 0 Å². The summed E-state index contributed by atoms with van der Waals surface area (Å²) in [7, 11) is 0. The van der Waals surface area contributed by atoms with Gasteiger partial charge in [-0.05, 0) is 48.2 Å².